The highest BCUT2D eigenvalue weighted by molar-refractivity contribution is 7.91. The summed E-state index contributed by atoms with van der Waals surface area (Å²) in [6.45, 7) is 3.22. The van der Waals surface area contributed by atoms with Crippen molar-refractivity contribution >= 4 is 27.4 Å². The van der Waals surface area contributed by atoms with E-state index < -0.39 is 21.7 Å². The molecule has 0 aliphatic carbocycles. The molecule has 0 radical (unpaired) electrons. The topological polar surface area (TPSA) is 101 Å². The van der Waals surface area contributed by atoms with Gasteiger partial charge in [-0.3, -0.25) is 9.59 Å². The van der Waals surface area contributed by atoms with Crippen molar-refractivity contribution in [2.75, 3.05) is 11.1 Å². The number of rotatable bonds is 8. The second-order valence-electron chi connectivity index (χ2n) is 6.42. The van der Waals surface area contributed by atoms with E-state index in [4.69, 9.17) is 5.11 Å². The average Bonchev–Trinajstić information content (AvgIpc) is 2.63. The summed E-state index contributed by atoms with van der Waals surface area (Å²) < 4.78 is 23.9. The number of carbonyl (C=O) groups excluding carboxylic acids is 1. The summed E-state index contributed by atoms with van der Waals surface area (Å²) in [5.41, 5.74) is 2.10. The molecule has 1 atom stereocenters. The van der Waals surface area contributed by atoms with Gasteiger partial charge in [-0.15, -0.1) is 0 Å². The molecule has 0 aromatic heterocycles. The number of amides is 1. The summed E-state index contributed by atoms with van der Waals surface area (Å²) in [7, 11) is -3.31. The van der Waals surface area contributed by atoms with Crippen molar-refractivity contribution in [2.45, 2.75) is 31.6 Å². The van der Waals surface area contributed by atoms with Crippen molar-refractivity contribution in [3.63, 3.8) is 0 Å². The first kappa shape index (κ1) is 20.6. The van der Waals surface area contributed by atoms with Crippen LogP contribution >= 0.6 is 0 Å². The molecule has 2 rings (SSSR count). The lowest BCUT2D eigenvalue weighted by Crippen LogP contribution is -2.15. The Balaban J connectivity index is 2.00. The Bertz CT molecular complexity index is 920. The number of hydrogen-bond acceptors (Lipinski definition) is 4. The molecule has 0 saturated heterocycles. The molecule has 1 amide bonds. The van der Waals surface area contributed by atoms with E-state index in [1.54, 1.807) is 50.2 Å². The zero-order valence-corrected chi connectivity index (χ0v) is 16.1. The summed E-state index contributed by atoms with van der Waals surface area (Å²) in [6.07, 6.45) is 0.479. The number of hydrogen-bond donors (Lipinski definition) is 2. The van der Waals surface area contributed by atoms with Gasteiger partial charge in [0.05, 0.1) is 23.0 Å². The third-order valence-electron chi connectivity index (χ3n) is 4.20. The molecule has 2 aromatic rings. The summed E-state index contributed by atoms with van der Waals surface area (Å²) in [5.74, 6) is -1.57. The quantitative estimate of drug-likeness (QED) is 0.723. The van der Waals surface area contributed by atoms with Gasteiger partial charge in [0.15, 0.2) is 9.84 Å². The molecule has 0 bridgehead atoms. The standard InChI is InChI=1S/C20H23NO5S/c1-3-27(25,26)18-6-4-5-16(12-18)13-19(22)21-17-9-7-15(8-10-17)11-14(2)20(23)24/h4-10,12,14H,3,11,13H2,1-2H3,(H,21,22)(H,23,24). The number of carboxylic acid groups (broad SMARTS) is 1. The molecule has 0 fully saturated rings. The molecule has 2 N–H and O–H groups in total. The molecule has 2 aromatic carbocycles. The first-order valence-electron chi connectivity index (χ1n) is 8.64. The maximum atomic E-state index is 12.2. The maximum Gasteiger partial charge on any atom is 0.306 e. The molecule has 0 saturated carbocycles. The smallest absolute Gasteiger partial charge is 0.306 e. The van der Waals surface area contributed by atoms with Crippen LogP contribution in [0.25, 0.3) is 0 Å². The fourth-order valence-corrected chi connectivity index (χ4v) is 3.52. The molecule has 0 aliphatic rings. The first-order valence-corrected chi connectivity index (χ1v) is 10.3. The van der Waals surface area contributed by atoms with E-state index in [9.17, 15) is 18.0 Å². The molecular weight excluding hydrogens is 366 g/mol. The van der Waals surface area contributed by atoms with Crippen LogP contribution in [-0.2, 0) is 32.3 Å². The Morgan fingerprint density at radius 2 is 1.74 bits per heavy atom. The van der Waals surface area contributed by atoms with Crippen LogP contribution in [0.5, 0.6) is 0 Å². The SMILES string of the molecule is CCS(=O)(=O)c1cccc(CC(=O)Nc2ccc(CC(C)C(=O)O)cc2)c1. The van der Waals surface area contributed by atoms with Gasteiger partial charge in [-0.25, -0.2) is 8.42 Å². The van der Waals surface area contributed by atoms with Crippen LogP contribution in [0, 0.1) is 5.92 Å². The normalized spacial score (nSPS) is 12.4. The molecule has 7 heteroatoms. The lowest BCUT2D eigenvalue weighted by atomic mass is 10.0. The molecule has 6 nitrogen and oxygen atoms in total. The van der Waals surface area contributed by atoms with E-state index in [0.29, 0.717) is 17.7 Å². The van der Waals surface area contributed by atoms with Crippen LogP contribution in [0.4, 0.5) is 5.69 Å². The van der Waals surface area contributed by atoms with E-state index in [1.807, 2.05) is 0 Å². The Morgan fingerprint density at radius 3 is 2.33 bits per heavy atom. The highest BCUT2D eigenvalue weighted by atomic mass is 32.2. The van der Waals surface area contributed by atoms with Crippen LogP contribution in [0.3, 0.4) is 0 Å². The minimum atomic E-state index is -3.31. The number of carboxylic acids is 1. The van der Waals surface area contributed by atoms with Gasteiger partial charge in [0.1, 0.15) is 0 Å². The molecule has 0 aliphatic heterocycles. The average molecular weight is 389 g/mol. The van der Waals surface area contributed by atoms with Crippen molar-refractivity contribution in [3.05, 3.63) is 59.7 Å². The third-order valence-corrected chi connectivity index (χ3v) is 5.94. The van der Waals surface area contributed by atoms with Gasteiger partial charge in [-0.1, -0.05) is 38.1 Å². The molecule has 0 heterocycles. The zero-order valence-electron chi connectivity index (χ0n) is 15.3. The predicted molar refractivity (Wildman–Crippen MR) is 103 cm³/mol. The number of carbonyl (C=O) groups is 2. The van der Waals surface area contributed by atoms with Gasteiger partial charge in [0.25, 0.3) is 0 Å². The van der Waals surface area contributed by atoms with Gasteiger partial charge < -0.3 is 10.4 Å². The van der Waals surface area contributed by atoms with Crippen LogP contribution in [-0.4, -0.2) is 31.2 Å². The number of sulfone groups is 1. The van der Waals surface area contributed by atoms with Crippen LogP contribution in [0.2, 0.25) is 0 Å². The highest BCUT2D eigenvalue weighted by Crippen LogP contribution is 2.16. The highest BCUT2D eigenvalue weighted by Gasteiger charge is 2.14. The van der Waals surface area contributed by atoms with Gasteiger partial charge in [-0.05, 0) is 41.8 Å². The Hall–Kier alpha value is -2.67. The number of nitrogens with one attached hydrogen (secondary N) is 1. The first-order chi connectivity index (χ1) is 12.7. The Kier molecular flexibility index (Phi) is 6.74. The fourth-order valence-electron chi connectivity index (χ4n) is 2.57. The number of benzene rings is 2. The summed E-state index contributed by atoms with van der Waals surface area (Å²) in [4.78, 5) is 23.3. The second-order valence-corrected chi connectivity index (χ2v) is 8.69. The maximum absolute atomic E-state index is 12.2. The van der Waals surface area contributed by atoms with Crippen molar-refractivity contribution in [3.8, 4) is 0 Å². The largest absolute Gasteiger partial charge is 0.481 e. The lowest BCUT2D eigenvalue weighted by Gasteiger charge is -2.09. The lowest BCUT2D eigenvalue weighted by molar-refractivity contribution is -0.141. The Morgan fingerprint density at radius 1 is 1.07 bits per heavy atom. The van der Waals surface area contributed by atoms with Crippen molar-refractivity contribution in [2.24, 2.45) is 5.92 Å². The zero-order chi connectivity index (χ0) is 20.0. The molecule has 0 spiro atoms. The number of anilines is 1. The minimum Gasteiger partial charge on any atom is -0.481 e. The molecule has 1 unspecified atom stereocenters. The molecular formula is C20H23NO5S. The predicted octanol–water partition coefficient (Wildman–Crippen LogP) is 2.92. The van der Waals surface area contributed by atoms with Gasteiger partial charge >= 0.3 is 5.97 Å². The van der Waals surface area contributed by atoms with E-state index in [2.05, 4.69) is 5.32 Å². The molecule has 27 heavy (non-hydrogen) atoms. The van der Waals surface area contributed by atoms with Crippen LogP contribution in [0.15, 0.2) is 53.4 Å². The van der Waals surface area contributed by atoms with E-state index >= 15 is 0 Å². The van der Waals surface area contributed by atoms with E-state index in [0.717, 1.165) is 5.56 Å². The van der Waals surface area contributed by atoms with Crippen LogP contribution in [0.1, 0.15) is 25.0 Å². The Labute approximate surface area is 159 Å². The van der Waals surface area contributed by atoms with Gasteiger partial charge in [0, 0.05) is 5.69 Å². The van der Waals surface area contributed by atoms with Crippen molar-refractivity contribution < 1.29 is 23.1 Å². The van der Waals surface area contributed by atoms with Crippen molar-refractivity contribution in [1.82, 2.24) is 0 Å². The van der Waals surface area contributed by atoms with Crippen LogP contribution < -0.4 is 5.32 Å². The van der Waals surface area contributed by atoms with E-state index in [1.165, 1.54) is 12.1 Å². The van der Waals surface area contributed by atoms with Gasteiger partial charge in [-0.2, -0.15) is 0 Å². The number of aliphatic carboxylic acids is 1. The minimum absolute atomic E-state index is 0.00942. The van der Waals surface area contributed by atoms with Crippen molar-refractivity contribution in [1.29, 1.82) is 0 Å². The summed E-state index contributed by atoms with van der Waals surface area (Å²) in [5, 5.41) is 11.7. The summed E-state index contributed by atoms with van der Waals surface area (Å²) >= 11 is 0. The third kappa shape index (κ3) is 5.92. The van der Waals surface area contributed by atoms with Gasteiger partial charge in [0.2, 0.25) is 5.91 Å². The monoisotopic (exact) mass is 389 g/mol. The fraction of sp³-hybridized carbons (Fsp3) is 0.300. The second kappa shape index (κ2) is 8.81. The molecule has 144 valence electrons. The summed E-state index contributed by atoms with van der Waals surface area (Å²) in [6, 6.07) is 13.4. The van der Waals surface area contributed by atoms with E-state index in [-0.39, 0.29) is 23.0 Å².